The number of hydrogen-bond acceptors (Lipinski definition) is 5. The second-order valence-electron chi connectivity index (χ2n) is 10.1. The molecule has 0 unspecified atom stereocenters. The summed E-state index contributed by atoms with van der Waals surface area (Å²) in [5.41, 5.74) is 4.60. The maximum atomic E-state index is 14.1. The summed E-state index contributed by atoms with van der Waals surface area (Å²) in [6, 6.07) is 14.7. The highest BCUT2D eigenvalue weighted by molar-refractivity contribution is 5.91. The van der Waals surface area contributed by atoms with Crippen molar-refractivity contribution in [2.45, 2.75) is 25.8 Å². The van der Waals surface area contributed by atoms with Gasteiger partial charge in [0, 0.05) is 45.3 Å². The summed E-state index contributed by atoms with van der Waals surface area (Å²) < 4.78 is 36.5. The first-order valence-corrected chi connectivity index (χ1v) is 13.1. The van der Waals surface area contributed by atoms with Gasteiger partial charge in [-0.15, -0.1) is 0 Å². The minimum absolute atomic E-state index is 0.231. The van der Waals surface area contributed by atoms with E-state index in [0.29, 0.717) is 43.3 Å². The molecule has 2 N–H and O–H groups in total. The number of anilines is 1. The number of aryl methyl sites for hydroxylation is 2. The lowest BCUT2D eigenvalue weighted by Gasteiger charge is -2.21. The molecule has 40 heavy (non-hydrogen) atoms. The van der Waals surface area contributed by atoms with E-state index < -0.39 is 17.7 Å². The monoisotopic (exact) mass is 549 g/mol. The Bertz CT molecular complexity index is 1500. The number of likely N-dealkylation sites (tertiary alicyclic amines) is 1. The van der Waals surface area contributed by atoms with Gasteiger partial charge in [-0.3, -0.25) is 14.9 Å². The van der Waals surface area contributed by atoms with Crippen molar-refractivity contribution in [1.29, 1.82) is 0 Å². The minimum atomic E-state index is -0.906. The maximum Gasteiger partial charge on any atom is 0.320 e. The second kappa shape index (κ2) is 11.6. The van der Waals surface area contributed by atoms with Crippen LogP contribution in [0.3, 0.4) is 0 Å². The fourth-order valence-corrected chi connectivity index (χ4v) is 5.30. The predicted molar refractivity (Wildman–Crippen MR) is 149 cm³/mol. The van der Waals surface area contributed by atoms with Crippen molar-refractivity contribution in [3.05, 3.63) is 83.1 Å². The van der Waals surface area contributed by atoms with E-state index in [9.17, 15) is 13.6 Å². The molecule has 3 heterocycles. The number of rotatable bonds is 8. The smallest absolute Gasteiger partial charge is 0.320 e. The molecular weight excluding hydrogens is 516 g/mol. The van der Waals surface area contributed by atoms with E-state index in [1.54, 1.807) is 22.5 Å². The van der Waals surface area contributed by atoms with Crippen LogP contribution >= 0.6 is 0 Å². The zero-order chi connectivity index (χ0) is 28.4. The molecule has 9 nitrogen and oxygen atoms in total. The second-order valence-corrected chi connectivity index (χ2v) is 10.1. The lowest BCUT2D eigenvalue weighted by atomic mass is 9.94. The summed E-state index contributed by atoms with van der Waals surface area (Å²) in [6.07, 6.45) is 0. The standard InChI is InChI=1S/C29H33F2N7O2/c1-18-14-26(36(3)34-18)27-19(2)28(38(35-27)21-8-6-5-7-9-21)33-29(39)32-25-17-37(12-13-40-4)16-22(25)20-10-11-23(30)24(31)15-20/h5-11,14-15,22,25H,12-13,16-17H2,1-4H3,(H2,32,33,39)/t22-,25+/m0/s1. The van der Waals surface area contributed by atoms with Crippen LogP contribution in [0.5, 0.6) is 0 Å². The summed E-state index contributed by atoms with van der Waals surface area (Å²) in [5, 5.41) is 15.4. The lowest BCUT2D eigenvalue weighted by Crippen LogP contribution is -2.42. The van der Waals surface area contributed by atoms with Crippen LogP contribution in [-0.4, -0.2) is 69.9 Å². The molecule has 11 heteroatoms. The fraction of sp³-hybridized carbons (Fsp3) is 0.345. The van der Waals surface area contributed by atoms with Gasteiger partial charge in [0.25, 0.3) is 0 Å². The van der Waals surface area contributed by atoms with E-state index in [4.69, 9.17) is 9.84 Å². The molecule has 1 saturated heterocycles. The highest BCUT2D eigenvalue weighted by Gasteiger charge is 2.35. The third kappa shape index (κ3) is 5.61. The molecule has 2 amide bonds. The van der Waals surface area contributed by atoms with Crippen LogP contribution in [-0.2, 0) is 11.8 Å². The summed E-state index contributed by atoms with van der Waals surface area (Å²) >= 11 is 0. The van der Waals surface area contributed by atoms with Crippen molar-refractivity contribution in [2.75, 3.05) is 38.7 Å². The van der Waals surface area contributed by atoms with Gasteiger partial charge in [-0.25, -0.2) is 18.3 Å². The fourth-order valence-electron chi connectivity index (χ4n) is 5.30. The van der Waals surface area contributed by atoms with E-state index in [1.165, 1.54) is 6.07 Å². The number of halogens is 2. The first kappa shape index (κ1) is 27.5. The zero-order valence-electron chi connectivity index (χ0n) is 23.0. The SMILES string of the molecule is COCCN1C[C@@H](NC(=O)Nc2c(C)c(-c3cc(C)nn3C)nn2-c2ccccc2)[C@H](c2ccc(F)c(F)c2)C1. The molecule has 210 valence electrons. The molecule has 1 aliphatic heterocycles. The number of methoxy groups -OCH3 is 1. The molecule has 2 atom stereocenters. The minimum Gasteiger partial charge on any atom is -0.383 e. The largest absolute Gasteiger partial charge is 0.383 e. The number of nitrogens with one attached hydrogen (secondary N) is 2. The molecule has 0 saturated carbocycles. The Labute approximate surface area is 231 Å². The van der Waals surface area contributed by atoms with Crippen molar-refractivity contribution < 1.29 is 18.3 Å². The van der Waals surface area contributed by atoms with Crippen LogP contribution in [0.4, 0.5) is 19.4 Å². The van der Waals surface area contributed by atoms with E-state index in [1.807, 2.05) is 57.3 Å². The van der Waals surface area contributed by atoms with Gasteiger partial charge in [0.15, 0.2) is 11.6 Å². The van der Waals surface area contributed by atoms with Crippen LogP contribution in [0.25, 0.3) is 17.1 Å². The van der Waals surface area contributed by atoms with Gasteiger partial charge in [-0.05, 0) is 49.7 Å². The Hall–Kier alpha value is -4.09. The van der Waals surface area contributed by atoms with E-state index in [-0.39, 0.29) is 12.0 Å². The van der Waals surface area contributed by atoms with E-state index in [2.05, 4.69) is 20.6 Å². The molecule has 2 aromatic carbocycles. The highest BCUT2D eigenvalue weighted by atomic mass is 19.2. The Morgan fingerprint density at radius 3 is 2.50 bits per heavy atom. The molecule has 0 spiro atoms. The van der Waals surface area contributed by atoms with Crippen molar-refractivity contribution in [2.24, 2.45) is 7.05 Å². The Morgan fingerprint density at radius 1 is 1.05 bits per heavy atom. The molecule has 4 aromatic rings. The van der Waals surface area contributed by atoms with Crippen molar-refractivity contribution in [3.8, 4) is 17.1 Å². The van der Waals surface area contributed by atoms with Gasteiger partial charge in [-0.1, -0.05) is 24.3 Å². The third-order valence-corrected chi connectivity index (χ3v) is 7.29. The molecule has 0 aliphatic carbocycles. The zero-order valence-corrected chi connectivity index (χ0v) is 23.0. The Kier molecular flexibility index (Phi) is 7.95. The molecule has 0 bridgehead atoms. The van der Waals surface area contributed by atoms with Crippen molar-refractivity contribution in [1.82, 2.24) is 29.8 Å². The lowest BCUT2D eigenvalue weighted by molar-refractivity contribution is 0.159. The van der Waals surface area contributed by atoms with E-state index >= 15 is 0 Å². The first-order valence-electron chi connectivity index (χ1n) is 13.1. The number of nitrogens with zero attached hydrogens (tertiary/aromatic N) is 5. The molecule has 2 aromatic heterocycles. The summed E-state index contributed by atoms with van der Waals surface area (Å²) in [5.74, 6) is -1.51. The summed E-state index contributed by atoms with van der Waals surface area (Å²) in [7, 11) is 3.49. The number of amides is 2. The maximum absolute atomic E-state index is 14.1. The molecule has 1 aliphatic rings. The molecule has 0 radical (unpaired) electrons. The number of urea groups is 1. The first-order chi connectivity index (χ1) is 19.2. The van der Waals surface area contributed by atoms with Crippen LogP contribution in [0.2, 0.25) is 0 Å². The topological polar surface area (TPSA) is 89.2 Å². The summed E-state index contributed by atoms with van der Waals surface area (Å²) in [6.45, 7) is 6.12. The quantitative estimate of drug-likeness (QED) is 0.340. The van der Waals surface area contributed by atoms with Gasteiger partial charge in [0.05, 0.1) is 29.7 Å². The van der Waals surface area contributed by atoms with Gasteiger partial charge in [0.1, 0.15) is 11.5 Å². The molecule has 1 fully saturated rings. The van der Waals surface area contributed by atoms with Crippen molar-refractivity contribution >= 4 is 11.8 Å². The Balaban J connectivity index is 1.43. The number of ether oxygens (including phenoxy) is 1. The van der Waals surface area contributed by atoms with Crippen molar-refractivity contribution in [3.63, 3.8) is 0 Å². The Morgan fingerprint density at radius 2 is 1.82 bits per heavy atom. The van der Waals surface area contributed by atoms with Gasteiger partial charge in [0.2, 0.25) is 0 Å². The third-order valence-electron chi connectivity index (χ3n) is 7.29. The number of carbonyl (C=O) groups is 1. The number of carbonyl (C=O) groups excluding carboxylic acids is 1. The summed E-state index contributed by atoms with van der Waals surface area (Å²) in [4.78, 5) is 15.6. The van der Waals surface area contributed by atoms with Crippen LogP contribution in [0, 0.1) is 25.5 Å². The normalized spacial score (nSPS) is 17.4. The van der Waals surface area contributed by atoms with Crippen LogP contribution < -0.4 is 10.6 Å². The number of para-hydroxylation sites is 1. The van der Waals surface area contributed by atoms with Gasteiger partial charge < -0.3 is 10.1 Å². The highest BCUT2D eigenvalue weighted by Crippen LogP contribution is 2.32. The van der Waals surface area contributed by atoms with E-state index in [0.717, 1.165) is 28.7 Å². The van der Waals surface area contributed by atoms with Crippen LogP contribution in [0.1, 0.15) is 22.7 Å². The number of hydrogen-bond donors (Lipinski definition) is 2. The van der Waals surface area contributed by atoms with Crippen LogP contribution in [0.15, 0.2) is 54.6 Å². The molecule has 5 rings (SSSR count). The number of aromatic nitrogens is 4. The van der Waals surface area contributed by atoms with Gasteiger partial charge in [-0.2, -0.15) is 10.2 Å². The average Bonchev–Trinajstić information content (AvgIpc) is 3.59. The number of benzene rings is 2. The molecular formula is C29H33F2N7O2. The average molecular weight is 550 g/mol. The van der Waals surface area contributed by atoms with Gasteiger partial charge >= 0.3 is 6.03 Å². The predicted octanol–water partition coefficient (Wildman–Crippen LogP) is 4.40.